The fraction of sp³-hybridized carbons (Fsp3) is 0.0690. The van der Waals surface area contributed by atoms with E-state index in [-0.39, 0.29) is 17.6 Å². The molecule has 0 unspecified atom stereocenters. The Morgan fingerprint density at radius 3 is 2.44 bits per heavy atom. The number of ether oxygens (including phenoxy) is 1. The summed E-state index contributed by atoms with van der Waals surface area (Å²) < 4.78 is 5.96. The van der Waals surface area contributed by atoms with Crippen LogP contribution in [0.5, 0.6) is 5.75 Å². The number of pyridine rings is 1. The molecule has 0 spiro atoms. The second-order valence-electron chi connectivity index (χ2n) is 8.22. The molecule has 1 aromatic heterocycles. The molecular formula is C29H22ClN3O3. The number of halogens is 1. The van der Waals surface area contributed by atoms with Gasteiger partial charge in [0.1, 0.15) is 0 Å². The molecule has 2 amide bonds. The Morgan fingerprint density at radius 2 is 1.69 bits per heavy atom. The number of rotatable bonds is 6. The van der Waals surface area contributed by atoms with Crippen molar-refractivity contribution in [1.29, 1.82) is 0 Å². The maximum Gasteiger partial charge on any atom is 0.294 e. The van der Waals surface area contributed by atoms with Crippen LogP contribution < -0.4 is 15.0 Å². The molecule has 0 radical (unpaired) electrons. The number of benzene rings is 3. The molecule has 178 valence electrons. The van der Waals surface area contributed by atoms with Crippen LogP contribution >= 0.6 is 11.6 Å². The zero-order chi connectivity index (χ0) is 24.9. The highest BCUT2D eigenvalue weighted by Gasteiger charge is 2.30. The van der Waals surface area contributed by atoms with Gasteiger partial charge in [0.25, 0.3) is 11.8 Å². The number of nitrogens with one attached hydrogen (secondary N) is 1. The van der Waals surface area contributed by atoms with Gasteiger partial charge in [0, 0.05) is 16.8 Å². The largest absolute Gasteiger partial charge is 0.449 e. The Bertz CT molecular complexity index is 1420. The second kappa shape index (κ2) is 10.5. The Hall–Kier alpha value is -4.42. The van der Waals surface area contributed by atoms with Gasteiger partial charge in [-0.15, -0.1) is 0 Å². The predicted molar refractivity (Wildman–Crippen MR) is 140 cm³/mol. The van der Waals surface area contributed by atoms with Gasteiger partial charge in [-0.2, -0.15) is 0 Å². The SMILES string of the molecule is O=C(NCc1ccccn1)c1ccc(C=C2Oc3ccccc3N(Cc3ccc(Cl)cc3)C2=O)cc1. The van der Waals surface area contributed by atoms with E-state index in [0.717, 1.165) is 16.8 Å². The van der Waals surface area contributed by atoms with Gasteiger partial charge in [-0.3, -0.25) is 19.5 Å². The fourth-order valence-electron chi connectivity index (χ4n) is 3.85. The van der Waals surface area contributed by atoms with Crippen molar-refractivity contribution in [2.45, 2.75) is 13.1 Å². The zero-order valence-electron chi connectivity index (χ0n) is 19.2. The minimum absolute atomic E-state index is 0.201. The molecule has 0 bridgehead atoms. The normalized spacial score (nSPS) is 13.8. The van der Waals surface area contributed by atoms with Crippen molar-refractivity contribution >= 4 is 35.2 Å². The molecule has 0 saturated heterocycles. The van der Waals surface area contributed by atoms with Crippen LogP contribution in [0.15, 0.2) is 103 Å². The summed E-state index contributed by atoms with van der Waals surface area (Å²) in [5.74, 6) is 0.353. The van der Waals surface area contributed by atoms with E-state index >= 15 is 0 Å². The molecule has 0 atom stereocenters. The van der Waals surface area contributed by atoms with E-state index < -0.39 is 0 Å². The third-order valence-electron chi connectivity index (χ3n) is 5.71. The number of para-hydroxylation sites is 2. The second-order valence-corrected chi connectivity index (χ2v) is 8.66. The Morgan fingerprint density at radius 1 is 0.944 bits per heavy atom. The number of hydrogen-bond acceptors (Lipinski definition) is 4. The molecule has 0 fully saturated rings. The Labute approximate surface area is 213 Å². The van der Waals surface area contributed by atoms with Crippen LogP contribution in [0.2, 0.25) is 5.02 Å². The van der Waals surface area contributed by atoms with Crippen molar-refractivity contribution in [2.24, 2.45) is 0 Å². The van der Waals surface area contributed by atoms with Gasteiger partial charge >= 0.3 is 0 Å². The van der Waals surface area contributed by atoms with Crippen molar-refractivity contribution in [1.82, 2.24) is 10.3 Å². The zero-order valence-corrected chi connectivity index (χ0v) is 20.0. The maximum absolute atomic E-state index is 13.4. The van der Waals surface area contributed by atoms with Crippen molar-refractivity contribution < 1.29 is 14.3 Å². The summed E-state index contributed by atoms with van der Waals surface area (Å²) in [6, 6.07) is 27.4. The molecule has 5 rings (SSSR count). The van der Waals surface area contributed by atoms with Crippen LogP contribution in [0.4, 0.5) is 5.69 Å². The minimum Gasteiger partial charge on any atom is -0.449 e. The summed E-state index contributed by atoms with van der Waals surface area (Å²) in [6.45, 7) is 0.722. The number of hydrogen-bond donors (Lipinski definition) is 1. The first-order valence-corrected chi connectivity index (χ1v) is 11.8. The lowest BCUT2D eigenvalue weighted by Gasteiger charge is -2.30. The highest BCUT2D eigenvalue weighted by atomic mass is 35.5. The molecule has 36 heavy (non-hydrogen) atoms. The molecule has 0 saturated carbocycles. The Balaban J connectivity index is 1.34. The van der Waals surface area contributed by atoms with Gasteiger partial charge in [-0.05, 0) is 65.7 Å². The lowest BCUT2D eigenvalue weighted by molar-refractivity contribution is -0.117. The highest BCUT2D eigenvalue weighted by Crippen LogP contribution is 2.36. The van der Waals surface area contributed by atoms with Gasteiger partial charge in [0.05, 0.1) is 24.5 Å². The first-order chi connectivity index (χ1) is 17.6. The molecule has 7 heteroatoms. The van der Waals surface area contributed by atoms with Gasteiger partial charge < -0.3 is 10.1 Å². The lowest BCUT2D eigenvalue weighted by Crippen LogP contribution is -2.36. The van der Waals surface area contributed by atoms with Crippen LogP contribution in [0.25, 0.3) is 6.08 Å². The average Bonchev–Trinajstić information content (AvgIpc) is 2.92. The van der Waals surface area contributed by atoms with E-state index in [1.54, 1.807) is 53.6 Å². The van der Waals surface area contributed by atoms with E-state index in [1.807, 2.05) is 54.6 Å². The van der Waals surface area contributed by atoms with Gasteiger partial charge in [-0.1, -0.05) is 54.1 Å². The molecule has 0 aliphatic carbocycles. The lowest BCUT2D eigenvalue weighted by atomic mass is 10.1. The predicted octanol–water partition coefficient (Wildman–Crippen LogP) is 5.63. The summed E-state index contributed by atoms with van der Waals surface area (Å²) in [7, 11) is 0. The standard InChI is InChI=1S/C29H22ClN3O3/c30-23-14-10-21(11-15-23)19-33-25-6-1-2-7-26(25)36-27(29(33)35)17-20-8-12-22(13-9-20)28(34)32-18-24-5-3-4-16-31-24/h1-17H,18-19H2,(H,32,34). The average molecular weight is 496 g/mol. The number of carbonyl (C=O) groups excluding carboxylic acids is 2. The number of fused-ring (bicyclic) bond motifs is 1. The number of nitrogens with zero attached hydrogens (tertiary/aromatic N) is 2. The molecular weight excluding hydrogens is 474 g/mol. The molecule has 3 aromatic carbocycles. The van der Waals surface area contributed by atoms with Gasteiger partial charge in [0.2, 0.25) is 0 Å². The van der Waals surface area contributed by atoms with Crippen molar-refractivity contribution in [3.8, 4) is 5.75 Å². The monoisotopic (exact) mass is 495 g/mol. The van der Waals surface area contributed by atoms with Crippen molar-refractivity contribution in [2.75, 3.05) is 4.90 Å². The molecule has 1 aliphatic heterocycles. The highest BCUT2D eigenvalue weighted by molar-refractivity contribution is 6.30. The molecule has 4 aromatic rings. The smallest absolute Gasteiger partial charge is 0.294 e. The molecule has 2 heterocycles. The van der Waals surface area contributed by atoms with E-state index in [1.165, 1.54) is 0 Å². The van der Waals surface area contributed by atoms with E-state index in [0.29, 0.717) is 35.1 Å². The van der Waals surface area contributed by atoms with Gasteiger partial charge in [-0.25, -0.2) is 0 Å². The van der Waals surface area contributed by atoms with Crippen LogP contribution in [-0.2, 0) is 17.9 Å². The van der Waals surface area contributed by atoms with Gasteiger partial charge in [0.15, 0.2) is 11.5 Å². The first-order valence-electron chi connectivity index (χ1n) is 11.4. The minimum atomic E-state index is -0.249. The van der Waals surface area contributed by atoms with Crippen LogP contribution in [0.3, 0.4) is 0 Å². The fourth-order valence-corrected chi connectivity index (χ4v) is 3.98. The van der Waals surface area contributed by atoms with E-state index in [2.05, 4.69) is 10.3 Å². The van der Waals surface area contributed by atoms with Crippen LogP contribution in [0.1, 0.15) is 27.2 Å². The number of aromatic nitrogens is 1. The molecule has 6 nitrogen and oxygen atoms in total. The molecule has 1 aliphatic rings. The summed E-state index contributed by atoms with van der Waals surface area (Å²) in [6.07, 6.45) is 3.37. The number of carbonyl (C=O) groups is 2. The summed E-state index contributed by atoms with van der Waals surface area (Å²) >= 11 is 6.02. The summed E-state index contributed by atoms with van der Waals surface area (Å²) in [5.41, 5.74) is 3.69. The maximum atomic E-state index is 13.4. The first kappa shape index (κ1) is 23.3. The number of anilines is 1. The topological polar surface area (TPSA) is 71.5 Å². The number of amides is 2. The Kier molecular flexibility index (Phi) is 6.78. The van der Waals surface area contributed by atoms with E-state index in [9.17, 15) is 9.59 Å². The third kappa shape index (κ3) is 5.29. The van der Waals surface area contributed by atoms with Crippen LogP contribution in [0, 0.1) is 0 Å². The van der Waals surface area contributed by atoms with Crippen molar-refractivity contribution in [3.05, 3.63) is 130 Å². The third-order valence-corrected chi connectivity index (χ3v) is 5.96. The quantitative estimate of drug-likeness (QED) is 0.352. The van der Waals surface area contributed by atoms with E-state index in [4.69, 9.17) is 16.3 Å². The summed E-state index contributed by atoms with van der Waals surface area (Å²) in [5, 5.41) is 3.50. The molecule has 1 N–H and O–H groups in total. The summed E-state index contributed by atoms with van der Waals surface area (Å²) in [4.78, 5) is 31.8. The van der Waals surface area contributed by atoms with Crippen LogP contribution in [-0.4, -0.2) is 16.8 Å². The van der Waals surface area contributed by atoms with Crippen molar-refractivity contribution in [3.63, 3.8) is 0 Å².